The van der Waals surface area contributed by atoms with E-state index < -0.39 is 23.4 Å². The van der Waals surface area contributed by atoms with Gasteiger partial charge < -0.3 is 5.32 Å². The fourth-order valence-electron chi connectivity index (χ4n) is 2.45. The Hall–Kier alpha value is -3.09. The van der Waals surface area contributed by atoms with Crippen molar-refractivity contribution in [3.63, 3.8) is 0 Å². The first-order chi connectivity index (χ1) is 12.0. The third-order valence-corrected chi connectivity index (χ3v) is 3.74. The van der Waals surface area contributed by atoms with Crippen molar-refractivity contribution in [1.82, 2.24) is 10.2 Å². The number of nitrogens with zero attached hydrogens (tertiary/aromatic N) is 1. The normalized spacial score (nSPS) is 10.7. The number of halogens is 3. The molecule has 2 aromatic carbocycles. The van der Waals surface area contributed by atoms with Crippen molar-refractivity contribution in [2.24, 2.45) is 0 Å². The molecule has 7 heteroatoms. The molecule has 1 aromatic heterocycles. The molecule has 25 heavy (non-hydrogen) atoms. The number of nitrogens with one attached hydrogen (secondary N) is 2. The molecule has 3 aromatic rings. The van der Waals surface area contributed by atoms with E-state index in [1.54, 1.807) is 6.07 Å². The summed E-state index contributed by atoms with van der Waals surface area (Å²) in [4.78, 5) is 12.4. The van der Waals surface area contributed by atoms with Gasteiger partial charge in [-0.3, -0.25) is 9.89 Å². The van der Waals surface area contributed by atoms with Crippen LogP contribution in [0.15, 0.2) is 42.5 Å². The van der Waals surface area contributed by atoms with E-state index in [4.69, 9.17) is 0 Å². The smallest absolute Gasteiger partial charge is 0.258 e. The van der Waals surface area contributed by atoms with E-state index in [2.05, 4.69) is 15.5 Å². The Morgan fingerprint density at radius 1 is 1.08 bits per heavy atom. The Morgan fingerprint density at radius 3 is 2.52 bits per heavy atom. The van der Waals surface area contributed by atoms with Gasteiger partial charge in [-0.2, -0.15) is 5.10 Å². The Labute approximate surface area is 141 Å². The molecule has 0 atom stereocenters. The van der Waals surface area contributed by atoms with Gasteiger partial charge in [0.25, 0.3) is 5.91 Å². The molecule has 0 spiro atoms. The highest BCUT2D eigenvalue weighted by Gasteiger charge is 2.19. The highest BCUT2D eigenvalue weighted by atomic mass is 19.2. The first-order valence-electron chi connectivity index (χ1n) is 7.59. The van der Waals surface area contributed by atoms with Crippen LogP contribution in [0.3, 0.4) is 0 Å². The Bertz CT molecular complexity index is 937. The lowest BCUT2D eigenvalue weighted by Gasteiger charge is -2.09. The fourth-order valence-corrected chi connectivity index (χ4v) is 2.45. The summed E-state index contributed by atoms with van der Waals surface area (Å²) in [5, 5.41) is 9.44. The zero-order chi connectivity index (χ0) is 18.0. The standard InChI is InChI=1S/C18H14F3N3O/c1-2-15-17(22-18(25)11-5-3-4-6-12(11)19)16(24-23-15)10-7-8-13(20)14(21)9-10/h3-9H,2H2,1H3,(H,22,25)(H,23,24). The molecule has 2 N–H and O–H groups in total. The number of aromatic nitrogens is 2. The molecular weight excluding hydrogens is 331 g/mol. The molecular formula is C18H14F3N3O. The largest absolute Gasteiger partial charge is 0.318 e. The molecule has 1 heterocycles. The third kappa shape index (κ3) is 3.26. The summed E-state index contributed by atoms with van der Waals surface area (Å²) in [7, 11) is 0. The van der Waals surface area contributed by atoms with Gasteiger partial charge >= 0.3 is 0 Å². The first-order valence-corrected chi connectivity index (χ1v) is 7.59. The SMILES string of the molecule is CCc1[nH]nc(-c2ccc(F)c(F)c2)c1NC(=O)c1ccccc1F. The summed E-state index contributed by atoms with van der Waals surface area (Å²) in [6.07, 6.45) is 0.504. The maximum atomic E-state index is 13.8. The van der Waals surface area contributed by atoms with Crippen molar-refractivity contribution < 1.29 is 18.0 Å². The summed E-state index contributed by atoms with van der Waals surface area (Å²) in [5.41, 5.74) is 1.31. The van der Waals surface area contributed by atoms with Gasteiger partial charge in [-0.15, -0.1) is 0 Å². The minimum absolute atomic E-state index is 0.123. The van der Waals surface area contributed by atoms with Crippen LogP contribution in [0, 0.1) is 17.5 Å². The van der Waals surface area contributed by atoms with Gasteiger partial charge in [0, 0.05) is 5.56 Å². The van der Waals surface area contributed by atoms with Gasteiger partial charge in [0.05, 0.1) is 16.9 Å². The maximum absolute atomic E-state index is 13.8. The molecule has 0 bridgehead atoms. The van der Waals surface area contributed by atoms with Crippen LogP contribution in [-0.2, 0) is 6.42 Å². The summed E-state index contributed by atoms with van der Waals surface area (Å²) in [5.74, 6) is -3.31. The van der Waals surface area contributed by atoms with Crippen LogP contribution >= 0.6 is 0 Å². The van der Waals surface area contributed by atoms with Gasteiger partial charge in [-0.25, -0.2) is 13.2 Å². The molecule has 4 nitrogen and oxygen atoms in total. The second-order valence-electron chi connectivity index (χ2n) is 5.34. The number of carbonyl (C=O) groups excluding carboxylic acids is 1. The van der Waals surface area contributed by atoms with Crippen LogP contribution in [-0.4, -0.2) is 16.1 Å². The van der Waals surface area contributed by atoms with Crippen LogP contribution in [0.5, 0.6) is 0 Å². The van der Waals surface area contributed by atoms with Crippen molar-refractivity contribution in [3.05, 3.63) is 71.2 Å². The third-order valence-electron chi connectivity index (χ3n) is 3.74. The molecule has 0 saturated carbocycles. The molecule has 0 aliphatic rings. The number of amides is 1. The lowest BCUT2D eigenvalue weighted by Crippen LogP contribution is -2.15. The van der Waals surface area contributed by atoms with Gasteiger partial charge in [0.2, 0.25) is 0 Å². The van der Waals surface area contributed by atoms with Gasteiger partial charge in [-0.05, 0) is 36.8 Å². The zero-order valence-electron chi connectivity index (χ0n) is 13.2. The second kappa shape index (κ2) is 6.80. The number of H-pyrrole nitrogens is 1. The monoisotopic (exact) mass is 345 g/mol. The quantitative estimate of drug-likeness (QED) is 0.740. The second-order valence-corrected chi connectivity index (χ2v) is 5.34. The summed E-state index contributed by atoms with van der Waals surface area (Å²) in [6, 6.07) is 8.89. The highest BCUT2D eigenvalue weighted by Crippen LogP contribution is 2.30. The van der Waals surface area contributed by atoms with Gasteiger partial charge in [-0.1, -0.05) is 19.1 Å². The highest BCUT2D eigenvalue weighted by molar-refractivity contribution is 6.06. The summed E-state index contributed by atoms with van der Waals surface area (Å²) >= 11 is 0. The van der Waals surface area contributed by atoms with E-state index in [1.807, 2.05) is 6.92 Å². The number of anilines is 1. The number of aromatic amines is 1. The van der Waals surface area contributed by atoms with Gasteiger partial charge in [0.1, 0.15) is 11.5 Å². The van der Waals surface area contributed by atoms with E-state index in [0.717, 1.165) is 12.1 Å². The number of hydrogen-bond acceptors (Lipinski definition) is 2. The van der Waals surface area contributed by atoms with Crippen molar-refractivity contribution >= 4 is 11.6 Å². The molecule has 0 saturated heterocycles. The van der Waals surface area contributed by atoms with Crippen LogP contribution in [0.25, 0.3) is 11.3 Å². The Kier molecular flexibility index (Phi) is 4.56. The number of rotatable bonds is 4. The number of aryl methyl sites for hydroxylation is 1. The lowest BCUT2D eigenvalue weighted by atomic mass is 10.1. The fraction of sp³-hybridized carbons (Fsp3) is 0.111. The van der Waals surface area contributed by atoms with Crippen molar-refractivity contribution in [2.75, 3.05) is 5.32 Å². The molecule has 128 valence electrons. The number of benzene rings is 2. The van der Waals surface area contributed by atoms with Crippen LogP contribution in [0.1, 0.15) is 23.0 Å². The van der Waals surface area contributed by atoms with E-state index in [-0.39, 0.29) is 11.3 Å². The van der Waals surface area contributed by atoms with E-state index in [0.29, 0.717) is 23.4 Å². The van der Waals surface area contributed by atoms with Crippen LogP contribution in [0.4, 0.5) is 18.9 Å². The Morgan fingerprint density at radius 2 is 1.84 bits per heavy atom. The van der Waals surface area contributed by atoms with Gasteiger partial charge in [0.15, 0.2) is 11.6 Å². The minimum atomic E-state index is -1.02. The Balaban J connectivity index is 2.01. The average Bonchev–Trinajstić information content (AvgIpc) is 3.00. The average molecular weight is 345 g/mol. The summed E-state index contributed by atoms with van der Waals surface area (Å²) in [6.45, 7) is 1.83. The molecule has 0 radical (unpaired) electrons. The van der Waals surface area contributed by atoms with Crippen LogP contribution in [0.2, 0.25) is 0 Å². The first kappa shape index (κ1) is 16.8. The predicted molar refractivity (Wildman–Crippen MR) is 87.7 cm³/mol. The summed E-state index contributed by atoms with van der Waals surface area (Å²) < 4.78 is 40.5. The van der Waals surface area contributed by atoms with Crippen molar-refractivity contribution in [1.29, 1.82) is 0 Å². The van der Waals surface area contributed by atoms with Crippen molar-refractivity contribution in [2.45, 2.75) is 13.3 Å². The zero-order valence-corrected chi connectivity index (χ0v) is 13.2. The minimum Gasteiger partial charge on any atom is -0.318 e. The molecule has 3 rings (SSSR count). The molecule has 1 amide bonds. The lowest BCUT2D eigenvalue weighted by molar-refractivity contribution is 0.102. The molecule has 0 unspecified atom stereocenters. The van der Waals surface area contributed by atoms with E-state index >= 15 is 0 Å². The predicted octanol–water partition coefficient (Wildman–Crippen LogP) is 4.31. The molecule has 0 aliphatic heterocycles. The van der Waals surface area contributed by atoms with Crippen LogP contribution < -0.4 is 5.32 Å². The maximum Gasteiger partial charge on any atom is 0.258 e. The van der Waals surface area contributed by atoms with E-state index in [9.17, 15) is 18.0 Å². The number of hydrogen-bond donors (Lipinski definition) is 2. The molecule has 0 aliphatic carbocycles. The van der Waals surface area contributed by atoms with Crippen molar-refractivity contribution in [3.8, 4) is 11.3 Å². The number of carbonyl (C=O) groups is 1. The topological polar surface area (TPSA) is 57.8 Å². The van der Waals surface area contributed by atoms with E-state index in [1.165, 1.54) is 24.3 Å². The molecule has 0 fully saturated rings.